The molecule has 3 N–H and O–H groups in total. The number of amides is 1. The largest absolute Gasteiger partial charge is 0.354 e. The van der Waals surface area contributed by atoms with Crippen LogP contribution in [0.25, 0.3) is 0 Å². The standard InChI is InChI=1S/C14H21N3O2/c1-8-12(10(3)18)9(2)16-13(8)14(19)17-11-5-4-6-15-7-11/h11,15-16H,4-7H2,1-3H3,(H,17,19)/t11-/m0/s1. The van der Waals surface area contributed by atoms with E-state index in [0.29, 0.717) is 11.3 Å². The van der Waals surface area contributed by atoms with Gasteiger partial charge in [0.25, 0.3) is 5.91 Å². The van der Waals surface area contributed by atoms with Crippen LogP contribution in [0.15, 0.2) is 0 Å². The summed E-state index contributed by atoms with van der Waals surface area (Å²) in [5.41, 5.74) is 2.64. The lowest BCUT2D eigenvalue weighted by Gasteiger charge is -2.23. The van der Waals surface area contributed by atoms with Gasteiger partial charge in [0.05, 0.1) is 0 Å². The van der Waals surface area contributed by atoms with Crippen molar-refractivity contribution in [2.75, 3.05) is 13.1 Å². The molecule has 0 unspecified atom stereocenters. The Labute approximate surface area is 113 Å². The highest BCUT2D eigenvalue weighted by molar-refractivity contribution is 6.02. The summed E-state index contributed by atoms with van der Waals surface area (Å²) in [6.07, 6.45) is 2.07. The van der Waals surface area contributed by atoms with Gasteiger partial charge in [-0.2, -0.15) is 0 Å². The second-order valence-electron chi connectivity index (χ2n) is 5.20. The van der Waals surface area contributed by atoms with Crippen LogP contribution in [0.2, 0.25) is 0 Å². The maximum atomic E-state index is 12.2. The number of carbonyl (C=O) groups excluding carboxylic acids is 2. The van der Waals surface area contributed by atoms with E-state index in [9.17, 15) is 9.59 Å². The summed E-state index contributed by atoms with van der Waals surface area (Å²) >= 11 is 0. The zero-order chi connectivity index (χ0) is 14.0. The molecule has 0 saturated carbocycles. The van der Waals surface area contributed by atoms with Crippen LogP contribution in [-0.2, 0) is 0 Å². The molecule has 0 aliphatic carbocycles. The Morgan fingerprint density at radius 2 is 2.05 bits per heavy atom. The predicted octanol–water partition coefficient (Wildman–Crippen LogP) is 1.32. The molecule has 5 heteroatoms. The minimum absolute atomic E-state index is 0.00960. The average Bonchev–Trinajstić information content (AvgIpc) is 2.66. The Hall–Kier alpha value is -1.62. The van der Waals surface area contributed by atoms with Gasteiger partial charge in [0.1, 0.15) is 5.69 Å². The highest BCUT2D eigenvalue weighted by Crippen LogP contribution is 2.18. The third kappa shape index (κ3) is 2.87. The van der Waals surface area contributed by atoms with Crippen LogP contribution in [-0.4, -0.2) is 35.8 Å². The fraction of sp³-hybridized carbons (Fsp3) is 0.571. The third-order valence-electron chi connectivity index (χ3n) is 3.65. The SMILES string of the molecule is CC(=O)c1c(C)[nH]c(C(=O)N[C@H]2CCCNC2)c1C. The lowest BCUT2D eigenvalue weighted by Crippen LogP contribution is -2.45. The van der Waals surface area contributed by atoms with Gasteiger partial charge < -0.3 is 15.6 Å². The number of nitrogens with one attached hydrogen (secondary N) is 3. The lowest BCUT2D eigenvalue weighted by atomic mass is 10.1. The highest BCUT2D eigenvalue weighted by Gasteiger charge is 2.22. The smallest absolute Gasteiger partial charge is 0.268 e. The monoisotopic (exact) mass is 263 g/mol. The summed E-state index contributed by atoms with van der Waals surface area (Å²) in [7, 11) is 0. The van der Waals surface area contributed by atoms with E-state index >= 15 is 0 Å². The highest BCUT2D eigenvalue weighted by atomic mass is 16.2. The Morgan fingerprint density at radius 3 is 2.58 bits per heavy atom. The summed E-state index contributed by atoms with van der Waals surface area (Å²) < 4.78 is 0. The van der Waals surface area contributed by atoms with E-state index in [1.54, 1.807) is 0 Å². The number of ketones is 1. The van der Waals surface area contributed by atoms with Gasteiger partial charge in [-0.15, -0.1) is 0 Å². The molecule has 0 aromatic carbocycles. The zero-order valence-electron chi connectivity index (χ0n) is 11.7. The Morgan fingerprint density at radius 1 is 1.32 bits per heavy atom. The number of rotatable bonds is 3. The molecule has 1 aromatic heterocycles. The molecule has 0 bridgehead atoms. The molecule has 1 amide bonds. The van der Waals surface area contributed by atoms with Crippen molar-refractivity contribution in [3.63, 3.8) is 0 Å². The van der Waals surface area contributed by atoms with Gasteiger partial charge in [0.15, 0.2) is 5.78 Å². The van der Waals surface area contributed by atoms with E-state index in [1.807, 2.05) is 13.8 Å². The molecular weight excluding hydrogens is 242 g/mol. The molecule has 5 nitrogen and oxygen atoms in total. The van der Waals surface area contributed by atoms with E-state index in [2.05, 4.69) is 15.6 Å². The van der Waals surface area contributed by atoms with Crippen molar-refractivity contribution in [1.29, 1.82) is 0 Å². The maximum absolute atomic E-state index is 12.2. The van der Waals surface area contributed by atoms with Gasteiger partial charge in [-0.05, 0) is 45.7 Å². The van der Waals surface area contributed by atoms with Gasteiger partial charge in [-0.1, -0.05) is 0 Å². The second kappa shape index (κ2) is 5.57. The summed E-state index contributed by atoms with van der Waals surface area (Å²) in [6.45, 7) is 6.98. The molecule has 1 aromatic rings. The van der Waals surface area contributed by atoms with Crippen molar-refractivity contribution in [1.82, 2.24) is 15.6 Å². The zero-order valence-corrected chi connectivity index (χ0v) is 11.7. The van der Waals surface area contributed by atoms with Crippen LogP contribution < -0.4 is 10.6 Å². The number of aromatic nitrogens is 1. The van der Waals surface area contributed by atoms with Crippen molar-refractivity contribution in [2.24, 2.45) is 0 Å². The molecule has 2 rings (SSSR count). The number of H-pyrrole nitrogens is 1. The van der Waals surface area contributed by atoms with Gasteiger partial charge in [0, 0.05) is 23.8 Å². The first-order valence-corrected chi connectivity index (χ1v) is 6.72. The summed E-state index contributed by atoms with van der Waals surface area (Å²) in [5.74, 6) is -0.133. The van der Waals surface area contributed by atoms with Crippen LogP contribution in [0.1, 0.15) is 51.9 Å². The molecule has 19 heavy (non-hydrogen) atoms. The first-order valence-electron chi connectivity index (χ1n) is 6.72. The molecule has 1 atom stereocenters. The number of carbonyl (C=O) groups is 2. The predicted molar refractivity (Wildman–Crippen MR) is 73.6 cm³/mol. The fourth-order valence-corrected chi connectivity index (χ4v) is 2.74. The average molecular weight is 263 g/mol. The summed E-state index contributed by atoms with van der Waals surface area (Å²) in [4.78, 5) is 26.8. The van der Waals surface area contributed by atoms with Crippen LogP contribution >= 0.6 is 0 Å². The van der Waals surface area contributed by atoms with Gasteiger partial charge >= 0.3 is 0 Å². The minimum Gasteiger partial charge on any atom is -0.354 e. The lowest BCUT2D eigenvalue weighted by molar-refractivity contribution is 0.0925. The topological polar surface area (TPSA) is 74.0 Å². The number of Topliss-reactive ketones (excluding diaryl/α,β-unsaturated/α-hetero) is 1. The first-order chi connectivity index (χ1) is 9.00. The molecule has 1 saturated heterocycles. The summed E-state index contributed by atoms with van der Waals surface area (Å²) in [5, 5.41) is 6.27. The van der Waals surface area contributed by atoms with Crippen molar-refractivity contribution >= 4 is 11.7 Å². The molecule has 0 radical (unpaired) electrons. The first kappa shape index (κ1) is 13.8. The van der Waals surface area contributed by atoms with E-state index in [0.717, 1.165) is 37.2 Å². The third-order valence-corrected chi connectivity index (χ3v) is 3.65. The minimum atomic E-state index is -0.123. The quantitative estimate of drug-likeness (QED) is 0.720. The van der Waals surface area contributed by atoms with E-state index in [1.165, 1.54) is 6.92 Å². The van der Waals surface area contributed by atoms with E-state index < -0.39 is 0 Å². The van der Waals surface area contributed by atoms with Crippen molar-refractivity contribution in [3.8, 4) is 0 Å². The normalized spacial score (nSPS) is 19.2. The van der Waals surface area contributed by atoms with Crippen molar-refractivity contribution in [2.45, 2.75) is 39.7 Å². The maximum Gasteiger partial charge on any atom is 0.268 e. The molecule has 104 valence electrons. The fourth-order valence-electron chi connectivity index (χ4n) is 2.74. The van der Waals surface area contributed by atoms with Crippen LogP contribution in [0.3, 0.4) is 0 Å². The number of aromatic amines is 1. The van der Waals surface area contributed by atoms with Crippen molar-refractivity contribution < 1.29 is 9.59 Å². The number of aryl methyl sites for hydroxylation is 1. The van der Waals surface area contributed by atoms with Gasteiger partial charge in [0.2, 0.25) is 0 Å². The second-order valence-corrected chi connectivity index (χ2v) is 5.20. The number of hydrogen-bond donors (Lipinski definition) is 3. The van der Waals surface area contributed by atoms with E-state index in [4.69, 9.17) is 0 Å². The Bertz CT molecular complexity index is 499. The molecular formula is C14H21N3O2. The van der Waals surface area contributed by atoms with Crippen LogP contribution in [0, 0.1) is 13.8 Å². The van der Waals surface area contributed by atoms with Gasteiger partial charge in [-0.25, -0.2) is 0 Å². The Kier molecular flexibility index (Phi) is 4.04. The summed E-state index contributed by atoms with van der Waals surface area (Å²) in [6, 6.07) is 0.171. The number of hydrogen-bond acceptors (Lipinski definition) is 3. The van der Waals surface area contributed by atoms with Crippen LogP contribution in [0.5, 0.6) is 0 Å². The number of piperidine rings is 1. The molecule has 1 fully saturated rings. The van der Waals surface area contributed by atoms with Gasteiger partial charge in [-0.3, -0.25) is 9.59 Å². The molecule has 0 spiro atoms. The Balaban J connectivity index is 2.15. The van der Waals surface area contributed by atoms with Crippen molar-refractivity contribution in [3.05, 3.63) is 22.5 Å². The molecule has 2 heterocycles. The van der Waals surface area contributed by atoms with E-state index in [-0.39, 0.29) is 17.7 Å². The molecule has 1 aliphatic heterocycles. The molecule has 1 aliphatic rings. The van der Waals surface area contributed by atoms with Crippen LogP contribution in [0.4, 0.5) is 0 Å².